The first-order valence-corrected chi connectivity index (χ1v) is 10.1. The molecule has 0 aliphatic heterocycles. The molecule has 0 aliphatic carbocycles. The van der Waals surface area contributed by atoms with Gasteiger partial charge < -0.3 is 14.8 Å². The number of thiocarbonyl (C=S) groups is 1. The van der Waals surface area contributed by atoms with Crippen LogP contribution in [0.15, 0.2) is 82.4 Å². The van der Waals surface area contributed by atoms with Crippen LogP contribution in [0.2, 0.25) is 0 Å². The zero-order chi connectivity index (χ0) is 21.3. The minimum Gasteiger partial charge on any atom is -0.497 e. The average molecular weight is 484 g/mol. The van der Waals surface area contributed by atoms with Crippen LogP contribution >= 0.6 is 28.1 Å². The number of nitrogens with one attached hydrogen (secondary N) is 2. The Kier molecular flexibility index (Phi) is 7.53. The maximum atomic E-state index is 12.3. The van der Waals surface area contributed by atoms with Crippen LogP contribution in [0.25, 0.3) is 0 Å². The highest BCUT2D eigenvalue weighted by atomic mass is 79.9. The molecule has 0 fully saturated rings. The van der Waals surface area contributed by atoms with Gasteiger partial charge in [-0.2, -0.15) is 5.10 Å². The molecule has 0 radical (unpaired) electrons. The highest BCUT2D eigenvalue weighted by Gasteiger charge is 2.11. The van der Waals surface area contributed by atoms with Gasteiger partial charge in [0, 0.05) is 15.7 Å². The van der Waals surface area contributed by atoms with Crippen molar-refractivity contribution < 1.29 is 14.3 Å². The first-order valence-electron chi connectivity index (χ1n) is 8.86. The molecular formula is C22H18BrN3O3S. The lowest BCUT2D eigenvalue weighted by molar-refractivity contribution is 0.0734. The molecule has 0 heterocycles. The van der Waals surface area contributed by atoms with E-state index in [2.05, 4.69) is 31.8 Å². The molecule has 0 bridgehead atoms. The summed E-state index contributed by atoms with van der Waals surface area (Å²) >= 11 is 8.66. The fourth-order valence-electron chi connectivity index (χ4n) is 2.44. The number of hydrogen-bond acceptors (Lipinski definition) is 5. The molecule has 0 atom stereocenters. The summed E-state index contributed by atoms with van der Waals surface area (Å²) in [5, 5.41) is 7.47. The summed E-state index contributed by atoms with van der Waals surface area (Å²) < 4.78 is 11.5. The van der Waals surface area contributed by atoms with Crippen LogP contribution < -0.4 is 20.2 Å². The number of esters is 1. The Balaban J connectivity index is 1.64. The molecule has 152 valence electrons. The van der Waals surface area contributed by atoms with Crippen molar-refractivity contribution >= 4 is 51.1 Å². The van der Waals surface area contributed by atoms with Gasteiger partial charge in [-0.25, -0.2) is 4.79 Å². The largest absolute Gasteiger partial charge is 0.497 e. The molecular weight excluding hydrogens is 466 g/mol. The standard InChI is InChI=1S/C22H18BrN3O3S/c1-28-19-10-8-18(9-11-19)25-22(30)26-24-14-16-13-17(23)7-12-20(16)29-21(27)15-5-3-2-4-6-15/h2-14H,1H3,(H2,25,26,30)/b24-14-. The summed E-state index contributed by atoms with van der Waals surface area (Å²) in [5.41, 5.74) is 4.61. The fourth-order valence-corrected chi connectivity index (χ4v) is 2.99. The number of benzene rings is 3. The Morgan fingerprint density at radius 3 is 2.50 bits per heavy atom. The van der Waals surface area contributed by atoms with Crippen LogP contribution in [0.1, 0.15) is 15.9 Å². The molecule has 2 N–H and O–H groups in total. The zero-order valence-corrected chi connectivity index (χ0v) is 18.4. The molecule has 8 heteroatoms. The van der Waals surface area contributed by atoms with Crippen molar-refractivity contribution in [3.05, 3.63) is 88.4 Å². The van der Waals surface area contributed by atoms with E-state index < -0.39 is 5.97 Å². The lowest BCUT2D eigenvalue weighted by Crippen LogP contribution is -2.23. The van der Waals surface area contributed by atoms with Gasteiger partial charge >= 0.3 is 5.97 Å². The summed E-state index contributed by atoms with van der Waals surface area (Å²) in [6.45, 7) is 0. The van der Waals surface area contributed by atoms with Gasteiger partial charge in [-0.15, -0.1) is 0 Å². The predicted molar refractivity (Wildman–Crippen MR) is 125 cm³/mol. The van der Waals surface area contributed by atoms with Crippen LogP contribution in [0.4, 0.5) is 5.69 Å². The Morgan fingerprint density at radius 2 is 1.80 bits per heavy atom. The second-order valence-corrected chi connectivity index (χ2v) is 7.31. The molecule has 0 aliphatic rings. The smallest absolute Gasteiger partial charge is 0.343 e. The minimum absolute atomic E-state index is 0.314. The highest BCUT2D eigenvalue weighted by Crippen LogP contribution is 2.23. The summed E-state index contributed by atoms with van der Waals surface area (Å²) in [6, 6.07) is 21.4. The third-order valence-corrected chi connectivity index (χ3v) is 4.59. The van der Waals surface area contributed by atoms with Gasteiger partial charge in [-0.05, 0) is 66.8 Å². The monoisotopic (exact) mass is 483 g/mol. The topological polar surface area (TPSA) is 71.9 Å². The van der Waals surface area contributed by atoms with E-state index in [4.69, 9.17) is 21.7 Å². The van der Waals surface area contributed by atoms with Crippen molar-refractivity contribution in [2.75, 3.05) is 12.4 Å². The van der Waals surface area contributed by atoms with Crippen molar-refractivity contribution in [3.63, 3.8) is 0 Å². The predicted octanol–water partition coefficient (Wildman–Crippen LogP) is 5.00. The van der Waals surface area contributed by atoms with Crippen LogP contribution in [-0.2, 0) is 0 Å². The van der Waals surface area contributed by atoms with Gasteiger partial charge in [0.2, 0.25) is 0 Å². The third kappa shape index (κ3) is 6.13. The van der Waals surface area contributed by atoms with Crippen molar-refractivity contribution in [2.24, 2.45) is 5.10 Å². The Bertz CT molecular complexity index is 1060. The van der Waals surface area contributed by atoms with Crippen LogP contribution in [-0.4, -0.2) is 24.4 Å². The molecule has 0 aromatic heterocycles. The van der Waals surface area contributed by atoms with Gasteiger partial charge in [0.1, 0.15) is 11.5 Å². The summed E-state index contributed by atoms with van der Waals surface area (Å²) in [7, 11) is 1.61. The number of carbonyl (C=O) groups excluding carboxylic acids is 1. The van der Waals surface area contributed by atoms with Crippen LogP contribution in [0, 0.1) is 0 Å². The molecule has 0 saturated carbocycles. The minimum atomic E-state index is -0.447. The van der Waals surface area contributed by atoms with Crippen LogP contribution in [0.3, 0.4) is 0 Å². The maximum Gasteiger partial charge on any atom is 0.343 e. The van der Waals surface area contributed by atoms with E-state index in [-0.39, 0.29) is 0 Å². The average Bonchev–Trinajstić information content (AvgIpc) is 2.76. The Morgan fingerprint density at radius 1 is 1.07 bits per heavy atom. The quantitative estimate of drug-likeness (QED) is 0.169. The molecule has 3 aromatic rings. The SMILES string of the molecule is COc1ccc(NC(=S)N/N=C\c2cc(Br)ccc2OC(=O)c2ccccc2)cc1. The number of anilines is 1. The summed E-state index contributed by atoms with van der Waals surface area (Å²) in [6.07, 6.45) is 1.53. The number of hydrazone groups is 1. The molecule has 6 nitrogen and oxygen atoms in total. The van der Waals surface area contributed by atoms with Gasteiger partial charge in [0.05, 0.1) is 18.9 Å². The van der Waals surface area contributed by atoms with E-state index in [9.17, 15) is 4.79 Å². The second-order valence-electron chi connectivity index (χ2n) is 5.99. The number of halogens is 1. The molecule has 30 heavy (non-hydrogen) atoms. The number of hydrogen-bond donors (Lipinski definition) is 2. The van der Waals surface area contributed by atoms with Gasteiger partial charge in [-0.3, -0.25) is 5.43 Å². The number of methoxy groups -OCH3 is 1. The molecule has 0 amide bonds. The number of rotatable bonds is 6. The summed E-state index contributed by atoms with van der Waals surface area (Å²) in [5.74, 6) is 0.688. The molecule has 3 rings (SSSR count). The molecule has 0 spiro atoms. The van der Waals surface area contributed by atoms with E-state index in [1.165, 1.54) is 6.21 Å². The van der Waals surface area contributed by atoms with Crippen molar-refractivity contribution in [1.82, 2.24) is 5.43 Å². The van der Waals surface area contributed by atoms with Crippen molar-refractivity contribution in [1.29, 1.82) is 0 Å². The first-order chi connectivity index (χ1) is 14.5. The number of ether oxygens (including phenoxy) is 2. The zero-order valence-electron chi connectivity index (χ0n) is 16.0. The Labute approximate surface area is 188 Å². The molecule has 3 aromatic carbocycles. The molecule has 0 saturated heterocycles. The lowest BCUT2D eigenvalue weighted by Gasteiger charge is -2.09. The first kappa shape index (κ1) is 21.5. The van der Waals surface area contributed by atoms with Gasteiger partial charge in [0.25, 0.3) is 0 Å². The van der Waals surface area contributed by atoms with E-state index in [1.807, 2.05) is 30.3 Å². The second kappa shape index (κ2) is 10.5. The van der Waals surface area contributed by atoms with E-state index in [0.717, 1.165) is 15.9 Å². The van der Waals surface area contributed by atoms with Gasteiger partial charge in [0.15, 0.2) is 5.11 Å². The van der Waals surface area contributed by atoms with Gasteiger partial charge in [-0.1, -0.05) is 34.1 Å². The van der Waals surface area contributed by atoms with E-state index in [1.54, 1.807) is 49.6 Å². The Hall–Kier alpha value is -3.23. The van der Waals surface area contributed by atoms with Crippen molar-refractivity contribution in [2.45, 2.75) is 0 Å². The fraction of sp³-hybridized carbons (Fsp3) is 0.0455. The normalized spacial score (nSPS) is 10.5. The third-order valence-electron chi connectivity index (χ3n) is 3.90. The number of nitrogens with zero attached hydrogens (tertiary/aromatic N) is 1. The van der Waals surface area contributed by atoms with Crippen molar-refractivity contribution in [3.8, 4) is 11.5 Å². The van der Waals surface area contributed by atoms with Crippen LogP contribution in [0.5, 0.6) is 11.5 Å². The highest BCUT2D eigenvalue weighted by molar-refractivity contribution is 9.10. The van der Waals surface area contributed by atoms with E-state index in [0.29, 0.717) is 22.0 Å². The van der Waals surface area contributed by atoms with E-state index >= 15 is 0 Å². The molecule has 0 unspecified atom stereocenters. The lowest BCUT2D eigenvalue weighted by atomic mass is 10.2. The maximum absolute atomic E-state index is 12.3. The number of carbonyl (C=O) groups is 1. The summed E-state index contributed by atoms with van der Waals surface area (Å²) in [4.78, 5) is 12.3.